The Morgan fingerprint density at radius 1 is 0.667 bits per heavy atom. The number of esters is 2. The summed E-state index contributed by atoms with van der Waals surface area (Å²) in [6, 6.07) is 0. The molecule has 5 fully saturated rings. The third kappa shape index (κ3) is 4.21. The van der Waals surface area contributed by atoms with Gasteiger partial charge in [-0.3, -0.25) is 19.4 Å². The Hall–Kier alpha value is -1.74. The molecule has 2 saturated carbocycles. The number of hydrogen-bond acceptors (Lipinski definition) is 8. The van der Waals surface area contributed by atoms with Crippen LogP contribution in [0, 0.1) is 22.7 Å². The zero-order valence-corrected chi connectivity index (χ0v) is 26.0. The van der Waals surface area contributed by atoms with Crippen molar-refractivity contribution in [2.45, 2.75) is 115 Å². The molecule has 0 radical (unpaired) electrons. The average molecular weight is 583 g/mol. The number of hydrogen-bond donors (Lipinski definition) is 2. The van der Waals surface area contributed by atoms with E-state index in [0.29, 0.717) is 25.9 Å². The molecule has 0 spiro atoms. The molecule has 8 nitrogen and oxygen atoms in total. The average Bonchev–Trinajstić information content (AvgIpc) is 3.33. The molecule has 0 aromatic heterocycles. The van der Waals surface area contributed by atoms with Gasteiger partial charge in [-0.15, -0.1) is 0 Å². The fraction of sp³-hybridized carbons (Fsp3) is 0.824. The predicted molar refractivity (Wildman–Crippen MR) is 157 cm³/mol. The monoisotopic (exact) mass is 582 g/mol. The SMILES string of the molecule is CC1=C2[C@@H]3OC(=O)C(CN4CCN(CC5C(=O)O[C@H]6C7=C(C)CCC[C@]7(C)CC[C@@]56O)CC4)[C@]3(O)CC[C@@]2(C)CCC1. The summed E-state index contributed by atoms with van der Waals surface area (Å²) in [6.07, 6.45) is 8.49. The molecule has 8 atom stereocenters. The second kappa shape index (κ2) is 9.88. The highest BCUT2D eigenvalue weighted by Gasteiger charge is 2.64. The number of carbonyl (C=O) groups excluding carboxylic acids is 2. The van der Waals surface area contributed by atoms with E-state index < -0.39 is 35.2 Å². The zero-order chi connectivity index (χ0) is 29.7. The van der Waals surface area contributed by atoms with Crippen LogP contribution < -0.4 is 0 Å². The Morgan fingerprint density at radius 2 is 1.05 bits per heavy atom. The van der Waals surface area contributed by atoms with Crippen molar-refractivity contribution in [3.8, 4) is 0 Å². The highest BCUT2D eigenvalue weighted by molar-refractivity contribution is 5.79. The summed E-state index contributed by atoms with van der Waals surface area (Å²) in [5, 5.41) is 23.9. The molecular weight excluding hydrogens is 532 g/mol. The maximum absolute atomic E-state index is 13.2. The molecule has 2 unspecified atom stereocenters. The summed E-state index contributed by atoms with van der Waals surface area (Å²) < 4.78 is 12.0. The Balaban J connectivity index is 1.00. The highest BCUT2D eigenvalue weighted by atomic mass is 16.6. The largest absolute Gasteiger partial charge is 0.454 e. The first-order valence-electron chi connectivity index (χ1n) is 16.6. The quantitative estimate of drug-likeness (QED) is 0.382. The molecule has 0 amide bonds. The number of nitrogens with zero attached hydrogens (tertiary/aromatic N) is 2. The van der Waals surface area contributed by atoms with Crippen LogP contribution in [0.2, 0.25) is 0 Å². The van der Waals surface area contributed by atoms with Gasteiger partial charge in [-0.1, -0.05) is 25.0 Å². The van der Waals surface area contributed by atoms with Crippen LogP contribution in [-0.2, 0) is 19.1 Å². The van der Waals surface area contributed by atoms with Crippen LogP contribution in [0.15, 0.2) is 22.3 Å². The van der Waals surface area contributed by atoms with E-state index in [9.17, 15) is 19.8 Å². The van der Waals surface area contributed by atoms with Crippen LogP contribution in [0.4, 0.5) is 0 Å². The molecule has 3 saturated heterocycles. The summed E-state index contributed by atoms with van der Waals surface area (Å²) in [7, 11) is 0. The van der Waals surface area contributed by atoms with Crippen molar-refractivity contribution in [1.29, 1.82) is 0 Å². The molecule has 3 aliphatic heterocycles. The van der Waals surface area contributed by atoms with Gasteiger partial charge in [0.1, 0.15) is 23.0 Å². The van der Waals surface area contributed by atoms with E-state index >= 15 is 0 Å². The van der Waals surface area contributed by atoms with Gasteiger partial charge >= 0.3 is 11.9 Å². The molecule has 0 aromatic rings. The van der Waals surface area contributed by atoms with Crippen molar-refractivity contribution < 1.29 is 29.3 Å². The molecule has 2 N–H and O–H groups in total. The summed E-state index contributed by atoms with van der Waals surface area (Å²) in [5.41, 5.74) is 2.71. The van der Waals surface area contributed by atoms with Gasteiger partial charge in [0, 0.05) is 39.3 Å². The molecule has 7 rings (SSSR count). The van der Waals surface area contributed by atoms with Crippen LogP contribution >= 0.6 is 0 Å². The van der Waals surface area contributed by atoms with Crippen LogP contribution in [0.25, 0.3) is 0 Å². The lowest BCUT2D eigenvalue weighted by Gasteiger charge is -2.50. The van der Waals surface area contributed by atoms with Crippen molar-refractivity contribution in [2.75, 3.05) is 39.3 Å². The number of rotatable bonds is 4. The second-order valence-electron chi connectivity index (χ2n) is 15.5. The summed E-state index contributed by atoms with van der Waals surface area (Å²) in [4.78, 5) is 31.0. The number of fused-ring (bicyclic) bond motifs is 6. The molecule has 4 aliphatic carbocycles. The van der Waals surface area contributed by atoms with Crippen LogP contribution in [0.5, 0.6) is 0 Å². The van der Waals surface area contributed by atoms with Gasteiger partial charge in [-0.25, -0.2) is 0 Å². The first kappa shape index (κ1) is 29.0. The van der Waals surface area contributed by atoms with Gasteiger partial charge in [0.25, 0.3) is 0 Å². The van der Waals surface area contributed by atoms with Crippen LogP contribution in [-0.4, -0.2) is 94.6 Å². The molecular formula is C34H50N2O6. The van der Waals surface area contributed by atoms with E-state index in [1.165, 1.54) is 22.3 Å². The lowest BCUT2D eigenvalue weighted by atomic mass is 9.58. The maximum Gasteiger partial charge on any atom is 0.314 e. The molecule has 0 bridgehead atoms. The van der Waals surface area contributed by atoms with Crippen LogP contribution in [0.3, 0.4) is 0 Å². The number of carbonyl (C=O) groups is 2. The first-order valence-corrected chi connectivity index (χ1v) is 16.6. The van der Waals surface area contributed by atoms with Crippen molar-refractivity contribution in [3.63, 3.8) is 0 Å². The smallest absolute Gasteiger partial charge is 0.314 e. The van der Waals surface area contributed by atoms with Crippen molar-refractivity contribution in [1.82, 2.24) is 9.80 Å². The van der Waals surface area contributed by atoms with Gasteiger partial charge in [0.2, 0.25) is 0 Å². The topological polar surface area (TPSA) is 99.5 Å². The second-order valence-corrected chi connectivity index (χ2v) is 15.5. The lowest BCUT2D eigenvalue weighted by molar-refractivity contribution is -0.145. The first-order chi connectivity index (χ1) is 19.9. The summed E-state index contributed by atoms with van der Waals surface area (Å²) >= 11 is 0. The molecule has 3 heterocycles. The fourth-order valence-electron chi connectivity index (χ4n) is 10.3. The third-order valence-electron chi connectivity index (χ3n) is 13.0. The zero-order valence-electron chi connectivity index (χ0n) is 26.0. The van der Waals surface area contributed by atoms with Gasteiger partial charge in [-0.05, 0) is 100 Å². The van der Waals surface area contributed by atoms with Gasteiger partial charge in [0.05, 0.1) is 0 Å². The summed E-state index contributed by atoms with van der Waals surface area (Å²) in [6.45, 7) is 12.8. The highest BCUT2D eigenvalue weighted by Crippen LogP contribution is 2.58. The van der Waals surface area contributed by atoms with E-state index in [2.05, 4.69) is 37.5 Å². The number of aliphatic hydroxyl groups is 2. The molecule has 0 aromatic carbocycles. The van der Waals surface area contributed by atoms with E-state index in [-0.39, 0.29) is 22.8 Å². The van der Waals surface area contributed by atoms with Gasteiger partial charge in [-0.2, -0.15) is 0 Å². The molecule has 8 heteroatoms. The van der Waals surface area contributed by atoms with Gasteiger partial charge < -0.3 is 19.7 Å². The fourth-order valence-corrected chi connectivity index (χ4v) is 10.3. The number of piperazine rings is 1. The predicted octanol–water partition coefficient (Wildman–Crippen LogP) is 3.75. The van der Waals surface area contributed by atoms with E-state index in [0.717, 1.165) is 77.5 Å². The van der Waals surface area contributed by atoms with Crippen LogP contribution in [0.1, 0.15) is 91.9 Å². The number of ether oxygens (including phenoxy) is 2. The van der Waals surface area contributed by atoms with E-state index in [1.807, 2.05) is 0 Å². The van der Waals surface area contributed by atoms with Crippen molar-refractivity contribution >= 4 is 11.9 Å². The Labute approximate surface area is 250 Å². The minimum absolute atomic E-state index is 0.0215. The third-order valence-corrected chi connectivity index (χ3v) is 13.0. The van der Waals surface area contributed by atoms with Crippen molar-refractivity contribution in [3.05, 3.63) is 22.3 Å². The Morgan fingerprint density at radius 3 is 1.43 bits per heavy atom. The maximum atomic E-state index is 13.2. The van der Waals surface area contributed by atoms with E-state index in [1.54, 1.807) is 0 Å². The molecule has 7 aliphatic rings. The molecule has 42 heavy (non-hydrogen) atoms. The number of allylic oxidation sites excluding steroid dienone is 2. The minimum atomic E-state index is -1.14. The normalized spacial score (nSPS) is 46.1. The van der Waals surface area contributed by atoms with E-state index in [4.69, 9.17) is 9.47 Å². The Kier molecular flexibility index (Phi) is 6.82. The lowest BCUT2D eigenvalue weighted by Crippen LogP contribution is -2.58. The van der Waals surface area contributed by atoms with Gasteiger partial charge in [0.15, 0.2) is 12.2 Å². The standard InChI is InChI=1S/C34H50N2O6/c1-21-7-5-9-31(3)11-13-33(39)23(29(37)41-27(33)25(21)31)19-35-15-17-36(18-16-35)20-24-30(38)42-28-26-22(2)8-6-10-32(26,4)12-14-34(24,28)40/h23-24,27-28,39-40H,5-20H2,1-4H3/t23?,24?,27-,28-,31+,32+,33+,34+/m0/s1. The van der Waals surface area contributed by atoms with Crippen molar-refractivity contribution in [2.24, 2.45) is 22.7 Å². The molecule has 232 valence electrons. The summed E-state index contributed by atoms with van der Waals surface area (Å²) in [5.74, 6) is -1.62. The minimum Gasteiger partial charge on any atom is -0.454 e. The Bertz CT molecular complexity index is 1140.